The topological polar surface area (TPSA) is 81.6 Å². The number of benzene rings is 1. The summed E-state index contributed by atoms with van der Waals surface area (Å²) >= 11 is 0. The second kappa shape index (κ2) is 2.80. The lowest BCUT2D eigenvalue weighted by Crippen LogP contribution is -2.36. The highest BCUT2D eigenvalue weighted by atomic mass is 16.3. The Bertz CT molecular complexity index is 403. The van der Waals surface area contributed by atoms with Gasteiger partial charge in [-0.3, -0.25) is 4.79 Å². The highest BCUT2D eigenvalue weighted by molar-refractivity contribution is 6.03. The Morgan fingerprint density at radius 2 is 1.79 bits per heavy atom. The van der Waals surface area contributed by atoms with Crippen molar-refractivity contribution in [1.29, 1.82) is 0 Å². The van der Waals surface area contributed by atoms with Gasteiger partial charge < -0.3 is 20.8 Å². The van der Waals surface area contributed by atoms with Gasteiger partial charge >= 0.3 is 0 Å². The second-order valence-electron chi connectivity index (χ2n) is 3.24. The van der Waals surface area contributed by atoms with E-state index in [2.05, 4.69) is 10.6 Å². The van der Waals surface area contributed by atoms with Gasteiger partial charge in [0.05, 0.1) is 11.4 Å². The van der Waals surface area contributed by atoms with Crippen LogP contribution in [0, 0.1) is 0 Å². The molecule has 1 aromatic rings. The van der Waals surface area contributed by atoms with Crippen molar-refractivity contribution in [3.05, 3.63) is 12.1 Å². The predicted octanol–water partition coefficient (Wildman–Crippen LogP) is 0.850. The van der Waals surface area contributed by atoms with Crippen LogP contribution in [0.15, 0.2) is 12.1 Å². The van der Waals surface area contributed by atoms with Gasteiger partial charge in [0.1, 0.15) is 6.04 Å². The largest absolute Gasteiger partial charge is 0.504 e. The Hall–Kier alpha value is -1.91. The number of hydrogen-bond acceptors (Lipinski definition) is 4. The summed E-state index contributed by atoms with van der Waals surface area (Å²) in [6, 6.07) is 2.34. The summed E-state index contributed by atoms with van der Waals surface area (Å²) in [5, 5.41) is 23.9. The van der Waals surface area contributed by atoms with Gasteiger partial charge in [0.2, 0.25) is 5.91 Å². The zero-order chi connectivity index (χ0) is 10.3. The smallest absolute Gasteiger partial charge is 0.246 e. The molecule has 0 bridgehead atoms. The molecule has 4 N–H and O–H groups in total. The number of aromatic hydroxyl groups is 2. The minimum atomic E-state index is -0.341. The maximum absolute atomic E-state index is 11.2. The first-order chi connectivity index (χ1) is 6.58. The lowest BCUT2D eigenvalue weighted by Gasteiger charge is -2.24. The molecule has 0 fully saturated rings. The van der Waals surface area contributed by atoms with E-state index < -0.39 is 0 Å². The van der Waals surface area contributed by atoms with Crippen molar-refractivity contribution in [2.75, 3.05) is 10.6 Å². The van der Waals surface area contributed by atoms with E-state index in [1.165, 1.54) is 12.1 Å². The number of amides is 1. The first-order valence-corrected chi connectivity index (χ1v) is 4.21. The zero-order valence-electron chi connectivity index (χ0n) is 7.53. The van der Waals surface area contributed by atoms with Gasteiger partial charge in [0.25, 0.3) is 0 Å². The molecule has 1 heterocycles. The highest BCUT2D eigenvalue weighted by Gasteiger charge is 2.22. The second-order valence-corrected chi connectivity index (χ2v) is 3.24. The van der Waals surface area contributed by atoms with Gasteiger partial charge in [0, 0.05) is 12.1 Å². The SMILES string of the molecule is C[C@@H]1Nc2cc(O)c(O)cc2NC1=O. The van der Waals surface area contributed by atoms with Gasteiger partial charge in [-0.2, -0.15) is 0 Å². The van der Waals surface area contributed by atoms with Crippen LogP contribution in [0.5, 0.6) is 11.5 Å². The lowest BCUT2D eigenvalue weighted by atomic mass is 10.1. The number of anilines is 2. The average Bonchev–Trinajstić information content (AvgIpc) is 2.11. The number of rotatable bonds is 0. The van der Waals surface area contributed by atoms with Crippen molar-refractivity contribution in [3.63, 3.8) is 0 Å². The van der Waals surface area contributed by atoms with Gasteiger partial charge in [-0.05, 0) is 6.92 Å². The lowest BCUT2D eigenvalue weighted by molar-refractivity contribution is -0.116. The predicted molar refractivity (Wildman–Crippen MR) is 51.5 cm³/mol. The summed E-state index contributed by atoms with van der Waals surface area (Å²) in [6.07, 6.45) is 0. The number of fused-ring (bicyclic) bond motifs is 1. The summed E-state index contributed by atoms with van der Waals surface area (Å²) in [7, 11) is 0. The average molecular weight is 194 g/mol. The fourth-order valence-electron chi connectivity index (χ4n) is 1.34. The van der Waals surface area contributed by atoms with Gasteiger partial charge in [-0.1, -0.05) is 0 Å². The van der Waals surface area contributed by atoms with Crippen molar-refractivity contribution < 1.29 is 15.0 Å². The van der Waals surface area contributed by atoms with E-state index in [1.807, 2.05) is 0 Å². The van der Waals surface area contributed by atoms with E-state index in [0.29, 0.717) is 11.4 Å². The van der Waals surface area contributed by atoms with E-state index in [9.17, 15) is 15.0 Å². The Balaban J connectivity index is 2.47. The molecule has 0 saturated carbocycles. The molecule has 0 spiro atoms. The molecule has 5 nitrogen and oxygen atoms in total. The maximum Gasteiger partial charge on any atom is 0.246 e. The van der Waals surface area contributed by atoms with Crippen LogP contribution in [0.1, 0.15) is 6.92 Å². The molecular formula is C9H10N2O3. The molecule has 1 aliphatic rings. The summed E-state index contributed by atoms with van der Waals surface area (Å²) in [6.45, 7) is 1.71. The van der Waals surface area contributed by atoms with Gasteiger partial charge in [0.15, 0.2) is 11.5 Å². The van der Waals surface area contributed by atoms with Crippen LogP contribution in [0.3, 0.4) is 0 Å². The fourth-order valence-corrected chi connectivity index (χ4v) is 1.34. The first-order valence-electron chi connectivity index (χ1n) is 4.21. The summed E-state index contributed by atoms with van der Waals surface area (Å²) in [5.74, 6) is -0.623. The van der Waals surface area contributed by atoms with E-state index in [0.717, 1.165) is 0 Å². The number of nitrogens with one attached hydrogen (secondary N) is 2. The van der Waals surface area contributed by atoms with E-state index in [4.69, 9.17) is 0 Å². The van der Waals surface area contributed by atoms with Crippen LogP contribution in [0.25, 0.3) is 0 Å². The van der Waals surface area contributed by atoms with E-state index in [-0.39, 0.29) is 23.4 Å². The molecule has 14 heavy (non-hydrogen) atoms. The Kier molecular flexibility index (Phi) is 1.73. The summed E-state index contributed by atoms with van der Waals surface area (Å²) in [4.78, 5) is 11.2. The Morgan fingerprint density at radius 3 is 2.43 bits per heavy atom. The van der Waals surface area contributed by atoms with E-state index >= 15 is 0 Å². The Morgan fingerprint density at radius 1 is 1.21 bits per heavy atom. The van der Waals surface area contributed by atoms with Crippen LogP contribution in [0.4, 0.5) is 11.4 Å². The highest BCUT2D eigenvalue weighted by Crippen LogP contribution is 2.36. The molecule has 0 aliphatic carbocycles. The van der Waals surface area contributed by atoms with Gasteiger partial charge in [-0.25, -0.2) is 0 Å². The number of hydrogen-bond donors (Lipinski definition) is 4. The van der Waals surface area contributed by atoms with Crippen LogP contribution >= 0.6 is 0 Å². The normalized spacial score (nSPS) is 19.5. The molecule has 1 aliphatic heterocycles. The van der Waals surface area contributed by atoms with Gasteiger partial charge in [-0.15, -0.1) is 0 Å². The third-order valence-electron chi connectivity index (χ3n) is 2.14. The minimum Gasteiger partial charge on any atom is -0.504 e. The molecule has 1 aromatic carbocycles. The van der Waals surface area contributed by atoms with Crippen LogP contribution in [-0.2, 0) is 4.79 Å². The van der Waals surface area contributed by atoms with Crippen molar-refractivity contribution in [1.82, 2.24) is 0 Å². The molecule has 2 rings (SSSR count). The summed E-state index contributed by atoms with van der Waals surface area (Å²) in [5.41, 5.74) is 1.08. The molecule has 0 unspecified atom stereocenters. The third-order valence-corrected chi connectivity index (χ3v) is 2.14. The molecule has 1 atom stereocenters. The summed E-state index contributed by atoms with van der Waals surface area (Å²) < 4.78 is 0. The quantitative estimate of drug-likeness (QED) is 0.364. The fraction of sp³-hybridized carbons (Fsp3) is 0.222. The van der Waals surface area contributed by atoms with E-state index in [1.54, 1.807) is 6.92 Å². The molecule has 1 amide bonds. The number of phenols is 2. The van der Waals surface area contributed by atoms with Crippen LogP contribution in [-0.4, -0.2) is 22.2 Å². The molecule has 5 heteroatoms. The van der Waals surface area contributed by atoms with Crippen LogP contribution in [0.2, 0.25) is 0 Å². The first kappa shape index (κ1) is 8.68. The monoisotopic (exact) mass is 194 g/mol. The molecule has 0 saturated heterocycles. The molecule has 74 valence electrons. The van der Waals surface area contributed by atoms with Crippen molar-refractivity contribution in [3.8, 4) is 11.5 Å². The van der Waals surface area contributed by atoms with Crippen molar-refractivity contribution in [2.45, 2.75) is 13.0 Å². The van der Waals surface area contributed by atoms with Crippen molar-refractivity contribution in [2.24, 2.45) is 0 Å². The zero-order valence-corrected chi connectivity index (χ0v) is 7.53. The van der Waals surface area contributed by atoms with Crippen molar-refractivity contribution >= 4 is 17.3 Å². The number of carbonyl (C=O) groups is 1. The van der Waals surface area contributed by atoms with Crippen LogP contribution < -0.4 is 10.6 Å². The number of phenolic OH excluding ortho intramolecular Hbond substituents is 2. The molecule has 0 aromatic heterocycles. The molecule has 0 radical (unpaired) electrons. The number of carbonyl (C=O) groups excluding carboxylic acids is 1. The third kappa shape index (κ3) is 1.22. The Labute approximate surface area is 80.4 Å². The minimum absolute atomic E-state index is 0.164. The standard InChI is InChI=1S/C9H10N2O3/c1-4-9(14)11-6-3-8(13)7(12)2-5(6)10-4/h2-4,10,12-13H,1H3,(H,11,14)/t4-/m0/s1. The maximum atomic E-state index is 11.2. The molecular weight excluding hydrogens is 184 g/mol.